The van der Waals surface area contributed by atoms with Gasteiger partial charge < -0.3 is 20.7 Å². The van der Waals surface area contributed by atoms with Crippen molar-refractivity contribution in [2.45, 2.75) is 76.4 Å². The smallest absolute Gasteiger partial charge is 0.259 e. The summed E-state index contributed by atoms with van der Waals surface area (Å²) in [6.45, 7) is 0.454. The van der Waals surface area contributed by atoms with Crippen molar-refractivity contribution in [1.82, 2.24) is 4.90 Å². The predicted octanol–water partition coefficient (Wildman–Crippen LogP) is 5.13. The van der Waals surface area contributed by atoms with E-state index in [0.29, 0.717) is 23.5 Å². The maximum absolute atomic E-state index is 13.8. The van der Waals surface area contributed by atoms with Gasteiger partial charge in [0.05, 0.1) is 12.7 Å². The average Bonchev–Trinajstić information content (AvgIpc) is 2.88. The third-order valence-corrected chi connectivity index (χ3v) is 7.38. The van der Waals surface area contributed by atoms with Crippen molar-refractivity contribution in [3.05, 3.63) is 59.7 Å². The van der Waals surface area contributed by atoms with E-state index in [1.54, 1.807) is 19.2 Å². The number of para-hydroxylation sites is 2. The Morgan fingerprint density at radius 1 is 0.941 bits per heavy atom. The number of amides is 2. The van der Waals surface area contributed by atoms with Gasteiger partial charge >= 0.3 is 0 Å². The molecule has 34 heavy (non-hydrogen) atoms. The van der Waals surface area contributed by atoms with E-state index in [9.17, 15) is 9.59 Å². The first kappa shape index (κ1) is 24.3. The molecule has 0 aromatic heterocycles. The molecular weight excluding hydrogens is 426 g/mol. The van der Waals surface area contributed by atoms with Gasteiger partial charge in [0.1, 0.15) is 5.75 Å². The highest BCUT2D eigenvalue weighted by Crippen LogP contribution is 2.31. The van der Waals surface area contributed by atoms with Gasteiger partial charge in [-0.05, 0) is 49.4 Å². The summed E-state index contributed by atoms with van der Waals surface area (Å²) in [5, 5.41) is 3.05. The molecule has 4 rings (SSSR count). The number of rotatable bonds is 7. The number of anilines is 1. The normalized spacial score (nSPS) is 21.0. The molecule has 2 amide bonds. The van der Waals surface area contributed by atoms with Crippen LogP contribution in [0, 0.1) is 5.92 Å². The van der Waals surface area contributed by atoms with E-state index in [-0.39, 0.29) is 29.8 Å². The zero-order valence-electron chi connectivity index (χ0n) is 20.2. The molecule has 2 aliphatic carbocycles. The molecule has 0 saturated heterocycles. The van der Waals surface area contributed by atoms with Gasteiger partial charge in [-0.15, -0.1) is 0 Å². The monoisotopic (exact) mass is 463 g/mol. The standard InChI is InChI=1S/C28H37N3O3/c1-34-26-18-10-6-14-22(26)27(32)30-24-16-8-5-13-21(24)19-31(25-17-9-7-15-23(25)29)28(33)20-11-3-2-4-12-20/h5-6,8,10,13-14,16,18,20,23,25H,2-4,7,9,11-12,15,17,19,29H2,1H3,(H,30,32). The minimum absolute atomic E-state index is 0.00313. The summed E-state index contributed by atoms with van der Waals surface area (Å²) in [5.74, 6) is 0.607. The zero-order valence-corrected chi connectivity index (χ0v) is 20.2. The van der Waals surface area contributed by atoms with Gasteiger partial charge in [0.2, 0.25) is 5.91 Å². The quantitative estimate of drug-likeness (QED) is 0.596. The second kappa shape index (κ2) is 11.5. The minimum atomic E-state index is -0.232. The lowest BCUT2D eigenvalue weighted by molar-refractivity contribution is -0.140. The second-order valence-electron chi connectivity index (χ2n) is 9.63. The molecule has 6 heteroatoms. The first-order valence-electron chi connectivity index (χ1n) is 12.7. The molecule has 2 aromatic rings. The molecule has 2 atom stereocenters. The SMILES string of the molecule is COc1ccccc1C(=O)Nc1ccccc1CN(C(=O)C1CCCCC1)C1CCCCC1N. The molecule has 2 fully saturated rings. The van der Waals surface area contributed by atoms with Gasteiger partial charge in [0, 0.05) is 30.2 Å². The molecule has 0 spiro atoms. The molecule has 2 saturated carbocycles. The van der Waals surface area contributed by atoms with Gasteiger partial charge in [0.25, 0.3) is 5.91 Å². The summed E-state index contributed by atoms with van der Waals surface area (Å²) in [5.41, 5.74) is 8.66. The van der Waals surface area contributed by atoms with Crippen LogP contribution in [0.5, 0.6) is 5.75 Å². The van der Waals surface area contributed by atoms with E-state index in [0.717, 1.165) is 56.9 Å². The van der Waals surface area contributed by atoms with E-state index in [1.807, 2.05) is 41.3 Å². The number of nitrogens with zero attached hydrogens (tertiary/aromatic N) is 1. The van der Waals surface area contributed by atoms with Crippen LogP contribution in [0.2, 0.25) is 0 Å². The summed E-state index contributed by atoms with van der Waals surface area (Å²) in [7, 11) is 1.56. The van der Waals surface area contributed by atoms with Crippen molar-refractivity contribution in [2.75, 3.05) is 12.4 Å². The highest BCUT2D eigenvalue weighted by Gasteiger charge is 2.35. The van der Waals surface area contributed by atoms with Crippen molar-refractivity contribution in [3.8, 4) is 5.75 Å². The molecule has 0 heterocycles. The molecule has 0 bridgehead atoms. The zero-order chi connectivity index (χ0) is 23.9. The van der Waals surface area contributed by atoms with Gasteiger partial charge in [0.15, 0.2) is 0 Å². The van der Waals surface area contributed by atoms with Crippen LogP contribution in [0.15, 0.2) is 48.5 Å². The molecule has 0 radical (unpaired) electrons. The van der Waals surface area contributed by atoms with Crippen molar-refractivity contribution in [3.63, 3.8) is 0 Å². The number of ether oxygens (including phenoxy) is 1. The number of benzene rings is 2. The van der Waals surface area contributed by atoms with Crippen molar-refractivity contribution < 1.29 is 14.3 Å². The van der Waals surface area contributed by atoms with Gasteiger partial charge in [-0.25, -0.2) is 0 Å². The van der Waals surface area contributed by atoms with Crippen molar-refractivity contribution >= 4 is 17.5 Å². The van der Waals surface area contributed by atoms with Crippen molar-refractivity contribution in [1.29, 1.82) is 0 Å². The number of hydrogen-bond donors (Lipinski definition) is 2. The summed E-state index contributed by atoms with van der Waals surface area (Å²) in [4.78, 5) is 28.9. The van der Waals surface area contributed by atoms with Crippen LogP contribution in [0.4, 0.5) is 5.69 Å². The van der Waals surface area contributed by atoms with Gasteiger partial charge in [-0.1, -0.05) is 62.4 Å². The lowest BCUT2D eigenvalue weighted by atomic mass is 9.85. The minimum Gasteiger partial charge on any atom is -0.496 e. The Kier molecular flexibility index (Phi) is 8.22. The number of nitrogens with two attached hydrogens (primary N) is 1. The molecule has 182 valence electrons. The first-order valence-corrected chi connectivity index (χ1v) is 12.7. The number of carbonyl (C=O) groups is 2. The number of nitrogens with one attached hydrogen (secondary N) is 1. The van der Waals surface area contributed by atoms with Crippen LogP contribution in [0.3, 0.4) is 0 Å². The molecular formula is C28H37N3O3. The molecule has 0 aliphatic heterocycles. The molecule has 2 aromatic carbocycles. The Bertz CT molecular complexity index is 986. The fraction of sp³-hybridized carbons (Fsp3) is 0.500. The fourth-order valence-corrected chi connectivity index (χ4v) is 5.46. The van der Waals surface area contributed by atoms with E-state index in [4.69, 9.17) is 10.5 Å². The summed E-state index contributed by atoms with van der Waals surface area (Å²) < 4.78 is 5.36. The largest absolute Gasteiger partial charge is 0.496 e. The van der Waals surface area contributed by atoms with E-state index >= 15 is 0 Å². The van der Waals surface area contributed by atoms with E-state index in [1.165, 1.54) is 6.42 Å². The van der Waals surface area contributed by atoms with Gasteiger partial charge in [-0.3, -0.25) is 9.59 Å². The highest BCUT2D eigenvalue weighted by atomic mass is 16.5. The summed E-state index contributed by atoms with van der Waals surface area (Å²) in [6, 6.07) is 15.0. The second-order valence-corrected chi connectivity index (χ2v) is 9.63. The van der Waals surface area contributed by atoms with Crippen LogP contribution in [0.1, 0.15) is 73.7 Å². The Hall–Kier alpha value is -2.86. The number of hydrogen-bond acceptors (Lipinski definition) is 4. The topological polar surface area (TPSA) is 84.7 Å². The van der Waals surface area contributed by atoms with E-state index in [2.05, 4.69) is 5.32 Å². The van der Waals surface area contributed by atoms with Crippen LogP contribution < -0.4 is 15.8 Å². The average molecular weight is 464 g/mol. The maximum atomic E-state index is 13.8. The third-order valence-electron chi connectivity index (χ3n) is 7.38. The Morgan fingerprint density at radius 3 is 2.38 bits per heavy atom. The van der Waals surface area contributed by atoms with Crippen molar-refractivity contribution in [2.24, 2.45) is 11.7 Å². The number of carbonyl (C=O) groups excluding carboxylic acids is 2. The lowest BCUT2D eigenvalue weighted by Crippen LogP contribution is -2.53. The number of methoxy groups -OCH3 is 1. The lowest BCUT2D eigenvalue weighted by Gasteiger charge is -2.41. The highest BCUT2D eigenvalue weighted by molar-refractivity contribution is 6.06. The Morgan fingerprint density at radius 2 is 1.62 bits per heavy atom. The predicted molar refractivity (Wildman–Crippen MR) is 135 cm³/mol. The fourth-order valence-electron chi connectivity index (χ4n) is 5.46. The molecule has 6 nitrogen and oxygen atoms in total. The van der Waals surface area contributed by atoms with E-state index < -0.39 is 0 Å². The van der Waals surface area contributed by atoms with Crippen LogP contribution >= 0.6 is 0 Å². The Labute approximate surface area is 202 Å². The summed E-state index contributed by atoms with van der Waals surface area (Å²) >= 11 is 0. The Balaban J connectivity index is 1.59. The maximum Gasteiger partial charge on any atom is 0.259 e. The van der Waals surface area contributed by atoms with Crippen LogP contribution in [-0.4, -0.2) is 35.9 Å². The third kappa shape index (κ3) is 5.61. The summed E-state index contributed by atoms with van der Waals surface area (Å²) in [6.07, 6.45) is 9.48. The van der Waals surface area contributed by atoms with Crippen LogP contribution in [0.25, 0.3) is 0 Å². The molecule has 2 aliphatic rings. The molecule has 2 unspecified atom stereocenters. The van der Waals surface area contributed by atoms with Crippen LogP contribution in [-0.2, 0) is 11.3 Å². The van der Waals surface area contributed by atoms with Gasteiger partial charge in [-0.2, -0.15) is 0 Å². The first-order chi connectivity index (χ1) is 16.6. The molecule has 3 N–H and O–H groups in total.